The summed E-state index contributed by atoms with van der Waals surface area (Å²) < 4.78 is 0. The van der Waals surface area contributed by atoms with Crippen LogP contribution in [0.25, 0.3) is 0 Å². The van der Waals surface area contributed by atoms with E-state index in [2.05, 4.69) is 15.6 Å². The highest BCUT2D eigenvalue weighted by atomic mass is 32.1. The minimum absolute atomic E-state index is 0.0750. The molecule has 0 spiro atoms. The molecule has 1 amide bonds. The van der Waals surface area contributed by atoms with Crippen LogP contribution in [-0.4, -0.2) is 17.9 Å². The quantitative estimate of drug-likeness (QED) is 0.888. The molecule has 0 aliphatic heterocycles. The van der Waals surface area contributed by atoms with Crippen molar-refractivity contribution in [3.63, 3.8) is 0 Å². The molecule has 0 atom stereocenters. The summed E-state index contributed by atoms with van der Waals surface area (Å²) in [5.74, 6) is -0.0750. The molecule has 18 heavy (non-hydrogen) atoms. The Hall–Kier alpha value is -1.88. The molecule has 0 aliphatic rings. The lowest BCUT2D eigenvalue weighted by Gasteiger charge is -2.03. The zero-order valence-corrected chi connectivity index (χ0v) is 11.2. The predicted octanol–water partition coefficient (Wildman–Crippen LogP) is 2.42. The average molecular weight is 261 g/mol. The molecule has 0 bridgehead atoms. The van der Waals surface area contributed by atoms with E-state index in [9.17, 15) is 4.79 Å². The lowest BCUT2D eigenvalue weighted by Crippen LogP contribution is -2.22. The lowest BCUT2D eigenvalue weighted by atomic mass is 10.1. The number of carbonyl (C=O) groups excluding carboxylic acids is 1. The first-order chi connectivity index (χ1) is 8.69. The van der Waals surface area contributed by atoms with Crippen LogP contribution < -0.4 is 10.6 Å². The van der Waals surface area contributed by atoms with Gasteiger partial charge in [0.2, 0.25) is 0 Å². The SMILES string of the molecule is CNc1nc(CNC(=O)c2ccc(C)cc2)cs1. The van der Waals surface area contributed by atoms with Gasteiger partial charge in [0.25, 0.3) is 5.91 Å². The molecular formula is C13H15N3OS. The maximum atomic E-state index is 11.9. The maximum Gasteiger partial charge on any atom is 0.251 e. The van der Waals surface area contributed by atoms with Gasteiger partial charge < -0.3 is 10.6 Å². The number of nitrogens with one attached hydrogen (secondary N) is 2. The summed E-state index contributed by atoms with van der Waals surface area (Å²) in [5.41, 5.74) is 2.68. The minimum Gasteiger partial charge on any atom is -0.365 e. The fourth-order valence-electron chi connectivity index (χ4n) is 1.48. The first-order valence-corrected chi connectivity index (χ1v) is 6.54. The smallest absolute Gasteiger partial charge is 0.251 e. The minimum atomic E-state index is -0.0750. The van der Waals surface area contributed by atoms with Crippen LogP contribution >= 0.6 is 11.3 Å². The summed E-state index contributed by atoms with van der Waals surface area (Å²) in [4.78, 5) is 16.2. The van der Waals surface area contributed by atoms with Gasteiger partial charge in [-0.25, -0.2) is 4.98 Å². The van der Waals surface area contributed by atoms with E-state index in [4.69, 9.17) is 0 Å². The van der Waals surface area contributed by atoms with Crippen molar-refractivity contribution in [2.45, 2.75) is 13.5 Å². The number of rotatable bonds is 4. The summed E-state index contributed by atoms with van der Waals surface area (Å²) in [5, 5.41) is 8.61. The Morgan fingerprint density at radius 2 is 2.06 bits per heavy atom. The van der Waals surface area contributed by atoms with Crippen molar-refractivity contribution in [3.05, 3.63) is 46.5 Å². The normalized spacial score (nSPS) is 10.1. The van der Waals surface area contributed by atoms with Gasteiger partial charge in [0.1, 0.15) is 0 Å². The van der Waals surface area contributed by atoms with Crippen LogP contribution in [0.3, 0.4) is 0 Å². The fraction of sp³-hybridized carbons (Fsp3) is 0.231. The highest BCUT2D eigenvalue weighted by Crippen LogP contribution is 2.14. The molecule has 1 aromatic carbocycles. The summed E-state index contributed by atoms with van der Waals surface area (Å²) in [6, 6.07) is 7.50. The molecule has 4 nitrogen and oxygen atoms in total. The molecule has 0 saturated heterocycles. The Balaban J connectivity index is 1.93. The van der Waals surface area contributed by atoms with E-state index in [1.54, 1.807) is 0 Å². The molecule has 1 heterocycles. The topological polar surface area (TPSA) is 54.0 Å². The number of aromatic nitrogens is 1. The van der Waals surface area contributed by atoms with Crippen LogP contribution in [0.5, 0.6) is 0 Å². The van der Waals surface area contributed by atoms with Gasteiger partial charge in [-0.3, -0.25) is 4.79 Å². The molecule has 0 unspecified atom stereocenters. The van der Waals surface area contributed by atoms with Gasteiger partial charge in [0.15, 0.2) is 5.13 Å². The van der Waals surface area contributed by atoms with Gasteiger partial charge in [-0.05, 0) is 19.1 Å². The van der Waals surface area contributed by atoms with Gasteiger partial charge in [0.05, 0.1) is 12.2 Å². The Morgan fingerprint density at radius 3 is 2.67 bits per heavy atom. The summed E-state index contributed by atoms with van der Waals surface area (Å²) in [7, 11) is 1.83. The van der Waals surface area contributed by atoms with Crippen LogP contribution in [0.1, 0.15) is 21.6 Å². The fourth-order valence-corrected chi connectivity index (χ4v) is 2.15. The van der Waals surface area contributed by atoms with Crippen molar-refractivity contribution in [1.29, 1.82) is 0 Å². The number of thiazole rings is 1. The monoisotopic (exact) mass is 261 g/mol. The van der Waals surface area contributed by atoms with E-state index in [1.807, 2.05) is 43.6 Å². The first kappa shape index (κ1) is 12.6. The van der Waals surface area contributed by atoms with Crippen molar-refractivity contribution in [2.24, 2.45) is 0 Å². The second-order valence-corrected chi connectivity index (χ2v) is 4.80. The lowest BCUT2D eigenvalue weighted by molar-refractivity contribution is 0.0950. The number of carbonyl (C=O) groups is 1. The molecule has 2 rings (SSSR count). The van der Waals surface area contributed by atoms with E-state index < -0.39 is 0 Å². The zero-order chi connectivity index (χ0) is 13.0. The summed E-state index contributed by atoms with van der Waals surface area (Å²) in [6.45, 7) is 2.45. The molecule has 5 heteroatoms. The van der Waals surface area contributed by atoms with Gasteiger partial charge in [-0.1, -0.05) is 17.7 Å². The number of anilines is 1. The Morgan fingerprint density at radius 1 is 1.33 bits per heavy atom. The molecule has 0 aliphatic carbocycles. The van der Waals surface area contributed by atoms with Gasteiger partial charge in [-0.15, -0.1) is 11.3 Å². The number of nitrogens with zero attached hydrogens (tertiary/aromatic N) is 1. The first-order valence-electron chi connectivity index (χ1n) is 5.66. The van der Waals surface area contributed by atoms with Gasteiger partial charge in [0, 0.05) is 18.0 Å². The van der Waals surface area contributed by atoms with Crippen LogP contribution in [0.15, 0.2) is 29.6 Å². The third-order valence-corrected chi connectivity index (χ3v) is 3.42. The van der Waals surface area contributed by atoms with Crippen molar-refractivity contribution < 1.29 is 4.79 Å². The van der Waals surface area contributed by atoms with Crippen LogP contribution in [0, 0.1) is 6.92 Å². The highest BCUT2D eigenvalue weighted by molar-refractivity contribution is 7.13. The molecule has 2 aromatic rings. The van der Waals surface area contributed by atoms with Crippen LogP contribution in [-0.2, 0) is 6.54 Å². The third-order valence-electron chi connectivity index (χ3n) is 2.51. The maximum absolute atomic E-state index is 11.9. The summed E-state index contributed by atoms with van der Waals surface area (Å²) in [6.07, 6.45) is 0. The molecule has 2 N–H and O–H groups in total. The van der Waals surface area contributed by atoms with E-state index in [-0.39, 0.29) is 5.91 Å². The van der Waals surface area contributed by atoms with Gasteiger partial charge in [-0.2, -0.15) is 0 Å². The van der Waals surface area contributed by atoms with Crippen molar-refractivity contribution in [2.75, 3.05) is 12.4 Å². The molecule has 1 aromatic heterocycles. The number of hydrogen-bond donors (Lipinski definition) is 2. The van der Waals surface area contributed by atoms with Gasteiger partial charge >= 0.3 is 0 Å². The van der Waals surface area contributed by atoms with E-state index in [1.165, 1.54) is 11.3 Å². The van der Waals surface area contributed by atoms with E-state index in [0.29, 0.717) is 12.1 Å². The third kappa shape index (κ3) is 3.07. The standard InChI is InChI=1S/C13H15N3OS/c1-9-3-5-10(6-4-9)12(17)15-7-11-8-18-13(14-2)16-11/h3-6,8H,7H2,1-2H3,(H,14,16)(H,15,17). The zero-order valence-electron chi connectivity index (χ0n) is 10.4. The van der Waals surface area contributed by atoms with E-state index in [0.717, 1.165) is 16.4 Å². The van der Waals surface area contributed by atoms with Crippen LogP contribution in [0.4, 0.5) is 5.13 Å². The highest BCUT2D eigenvalue weighted by Gasteiger charge is 2.06. The Bertz CT molecular complexity index is 533. The molecule has 0 fully saturated rings. The van der Waals surface area contributed by atoms with Crippen molar-refractivity contribution >= 4 is 22.4 Å². The van der Waals surface area contributed by atoms with Crippen LogP contribution in [0.2, 0.25) is 0 Å². The molecule has 0 radical (unpaired) electrons. The predicted molar refractivity (Wildman–Crippen MR) is 74.0 cm³/mol. The second kappa shape index (κ2) is 5.64. The average Bonchev–Trinajstić information content (AvgIpc) is 2.85. The largest absolute Gasteiger partial charge is 0.365 e. The molecule has 0 saturated carbocycles. The number of benzene rings is 1. The Kier molecular flexibility index (Phi) is 3.94. The number of amides is 1. The van der Waals surface area contributed by atoms with E-state index >= 15 is 0 Å². The Labute approximate surface area is 110 Å². The van der Waals surface area contributed by atoms with Crippen molar-refractivity contribution in [3.8, 4) is 0 Å². The molecular weight excluding hydrogens is 246 g/mol. The number of aryl methyl sites for hydroxylation is 1. The second-order valence-electron chi connectivity index (χ2n) is 3.94. The number of hydrogen-bond acceptors (Lipinski definition) is 4. The molecule has 94 valence electrons. The summed E-state index contributed by atoms with van der Waals surface area (Å²) >= 11 is 1.53. The van der Waals surface area contributed by atoms with Crippen molar-refractivity contribution in [1.82, 2.24) is 10.3 Å².